The number of nitrogens with one attached hydrogen (secondary N) is 1. The lowest BCUT2D eigenvalue weighted by Crippen LogP contribution is -2.40. The van der Waals surface area contributed by atoms with Gasteiger partial charge < -0.3 is 14.6 Å². The first-order chi connectivity index (χ1) is 9.28. The lowest BCUT2D eigenvalue weighted by molar-refractivity contribution is 0.0329. The van der Waals surface area contributed by atoms with Crippen molar-refractivity contribution in [1.29, 1.82) is 0 Å². The molecule has 0 bridgehead atoms. The van der Waals surface area contributed by atoms with Gasteiger partial charge in [-0.15, -0.1) is 10.2 Å². The van der Waals surface area contributed by atoms with Gasteiger partial charge in [0.05, 0.1) is 6.10 Å². The fourth-order valence-corrected chi connectivity index (χ4v) is 2.43. The van der Waals surface area contributed by atoms with Crippen molar-refractivity contribution in [2.45, 2.75) is 25.0 Å². The summed E-state index contributed by atoms with van der Waals surface area (Å²) in [5, 5.41) is 11.7. The van der Waals surface area contributed by atoms with E-state index in [1.54, 1.807) is 13.4 Å². The molecule has 0 amide bonds. The zero-order valence-electron chi connectivity index (χ0n) is 11.2. The second-order valence-electron chi connectivity index (χ2n) is 4.98. The quantitative estimate of drug-likeness (QED) is 0.912. The van der Waals surface area contributed by atoms with E-state index in [1.165, 1.54) is 0 Å². The molecule has 1 N–H and O–H groups in total. The molecule has 1 aliphatic rings. The smallest absolute Gasteiger partial charge is 0.165 e. The third-order valence-corrected chi connectivity index (χ3v) is 3.67. The van der Waals surface area contributed by atoms with E-state index < -0.39 is 0 Å². The van der Waals surface area contributed by atoms with E-state index in [0.717, 1.165) is 29.9 Å². The molecule has 1 saturated carbocycles. The highest BCUT2D eigenvalue weighted by Crippen LogP contribution is 2.31. The zero-order valence-corrected chi connectivity index (χ0v) is 11.2. The average molecular weight is 258 g/mol. The van der Waals surface area contributed by atoms with Gasteiger partial charge in [-0.3, -0.25) is 0 Å². The Labute approximate surface area is 112 Å². The molecule has 0 spiro atoms. The van der Waals surface area contributed by atoms with E-state index in [0.29, 0.717) is 12.1 Å². The molecule has 1 aromatic carbocycles. The highest BCUT2D eigenvalue weighted by atomic mass is 16.5. The summed E-state index contributed by atoms with van der Waals surface area (Å²) in [6.45, 7) is 0. The summed E-state index contributed by atoms with van der Waals surface area (Å²) in [6, 6.07) is 8.70. The summed E-state index contributed by atoms with van der Waals surface area (Å²) in [4.78, 5) is 0. The predicted octanol–water partition coefficient (Wildman–Crippen LogP) is 2.07. The predicted molar refractivity (Wildman–Crippen MR) is 73.9 cm³/mol. The van der Waals surface area contributed by atoms with Gasteiger partial charge in [-0.2, -0.15) is 0 Å². The van der Waals surface area contributed by atoms with Gasteiger partial charge >= 0.3 is 0 Å². The Morgan fingerprint density at radius 3 is 2.79 bits per heavy atom. The van der Waals surface area contributed by atoms with Gasteiger partial charge in [-0.05, 0) is 25.0 Å². The van der Waals surface area contributed by atoms with Crippen molar-refractivity contribution in [2.24, 2.45) is 7.05 Å². The van der Waals surface area contributed by atoms with Crippen molar-refractivity contribution >= 4 is 5.69 Å². The van der Waals surface area contributed by atoms with Crippen LogP contribution in [0.25, 0.3) is 11.4 Å². The summed E-state index contributed by atoms with van der Waals surface area (Å²) in [7, 11) is 3.73. The number of nitrogens with zero attached hydrogens (tertiary/aromatic N) is 3. The molecule has 5 nitrogen and oxygen atoms in total. The normalized spacial score (nSPS) is 22.0. The van der Waals surface area contributed by atoms with Crippen LogP contribution >= 0.6 is 0 Å². The van der Waals surface area contributed by atoms with Crippen molar-refractivity contribution in [3.05, 3.63) is 30.6 Å². The summed E-state index contributed by atoms with van der Waals surface area (Å²) < 4.78 is 7.24. The van der Waals surface area contributed by atoms with Crippen molar-refractivity contribution in [2.75, 3.05) is 12.4 Å². The molecule has 0 radical (unpaired) electrons. The molecule has 0 atom stereocenters. The van der Waals surface area contributed by atoms with Crippen LogP contribution in [0, 0.1) is 0 Å². The SMILES string of the molecule is COC1CC(Nc2ccccc2-c2nncn2C)C1. The van der Waals surface area contributed by atoms with E-state index in [2.05, 4.69) is 27.6 Å². The number of ether oxygens (including phenoxy) is 1. The van der Waals surface area contributed by atoms with Gasteiger partial charge in [0.25, 0.3) is 0 Å². The molecule has 1 fully saturated rings. The first-order valence-corrected chi connectivity index (χ1v) is 6.50. The standard InChI is InChI=1S/C14H18N4O/c1-18-9-15-17-14(18)12-5-3-4-6-13(12)16-10-7-11(8-10)19-2/h3-6,9-11,16H,7-8H2,1-2H3. The first kappa shape index (κ1) is 12.2. The summed E-state index contributed by atoms with van der Waals surface area (Å²) in [5.74, 6) is 0.880. The number of rotatable bonds is 4. The lowest BCUT2D eigenvalue weighted by Gasteiger charge is -2.35. The number of anilines is 1. The van der Waals surface area contributed by atoms with E-state index in [1.807, 2.05) is 23.7 Å². The summed E-state index contributed by atoms with van der Waals surface area (Å²) in [6.07, 6.45) is 4.24. The fourth-order valence-electron chi connectivity index (χ4n) is 2.43. The summed E-state index contributed by atoms with van der Waals surface area (Å²) in [5.41, 5.74) is 2.20. The van der Waals surface area contributed by atoms with E-state index >= 15 is 0 Å². The molecule has 0 saturated heterocycles. The van der Waals surface area contributed by atoms with Gasteiger partial charge in [-0.1, -0.05) is 12.1 Å². The van der Waals surface area contributed by atoms with Crippen molar-refractivity contribution in [3.8, 4) is 11.4 Å². The Hall–Kier alpha value is -1.88. The molecule has 1 aliphatic carbocycles. The van der Waals surface area contributed by atoms with Crippen LogP contribution in [0.1, 0.15) is 12.8 Å². The van der Waals surface area contributed by atoms with E-state index in [-0.39, 0.29) is 0 Å². The zero-order chi connectivity index (χ0) is 13.2. The molecule has 0 unspecified atom stereocenters. The van der Waals surface area contributed by atoms with Gasteiger partial charge in [0.1, 0.15) is 6.33 Å². The minimum absolute atomic E-state index is 0.402. The van der Waals surface area contributed by atoms with Crippen LogP contribution in [0.5, 0.6) is 0 Å². The maximum atomic E-state index is 5.31. The van der Waals surface area contributed by atoms with Gasteiger partial charge in [-0.25, -0.2) is 0 Å². The van der Waals surface area contributed by atoms with Crippen LogP contribution in [0.15, 0.2) is 30.6 Å². The van der Waals surface area contributed by atoms with Crippen LogP contribution in [0.3, 0.4) is 0 Å². The Bertz CT molecular complexity index is 560. The molecule has 19 heavy (non-hydrogen) atoms. The lowest BCUT2D eigenvalue weighted by atomic mass is 9.89. The number of aryl methyl sites for hydroxylation is 1. The molecule has 1 heterocycles. The van der Waals surface area contributed by atoms with E-state index in [4.69, 9.17) is 4.74 Å². The Morgan fingerprint density at radius 2 is 2.11 bits per heavy atom. The van der Waals surface area contributed by atoms with Crippen LogP contribution < -0.4 is 5.32 Å². The molecule has 5 heteroatoms. The minimum Gasteiger partial charge on any atom is -0.382 e. The van der Waals surface area contributed by atoms with Gasteiger partial charge in [0, 0.05) is 31.5 Å². The van der Waals surface area contributed by atoms with Gasteiger partial charge in [0.15, 0.2) is 5.82 Å². The van der Waals surface area contributed by atoms with Crippen molar-refractivity contribution in [1.82, 2.24) is 14.8 Å². The van der Waals surface area contributed by atoms with E-state index in [9.17, 15) is 0 Å². The van der Waals surface area contributed by atoms with Crippen LogP contribution in [-0.4, -0.2) is 34.0 Å². The Kier molecular flexibility index (Phi) is 3.21. The maximum absolute atomic E-state index is 5.31. The van der Waals surface area contributed by atoms with Crippen LogP contribution in [0.2, 0.25) is 0 Å². The molecule has 2 aromatic rings. The van der Waals surface area contributed by atoms with Crippen LogP contribution in [-0.2, 0) is 11.8 Å². The van der Waals surface area contributed by atoms with Crippen molar-refractivity contribution in [3.63, 3.8) is 0 Å². The second-order valence-corrected chi connectivity index (χ2v) is 4.98. The third kappa shape index (κ3) is 2.33. The molecular weight excluding hydrogens is 240 g/mol. The summed E-state index contributed by atoms with van der Waals surface area (Å²) >= 11 is 0. The second kappa shape index (κ2) is 5.01. The number of aromatic nitrogens is 3. The molecule has 3 rings (SSSR count). The molecular formula is C14H18N4O. The Balaban J connectivity index is 1.81. The number of para-hydroxylation sites is 1. The largest absolute Gasteiger partial charge is 0.382 e. The maximum Gasteiger partial charge on any atom is 0.165 e. The minimum atomic E-state index is 0.402. The molecule has 1 aromatic heterocycles. The number of methoxy groups -OCH3 is 1. The number of hydrogen-bond acceptors (Lipinski definition) is 4. The number of benzene rings is 1. The monoisotopic (exact) mass is 258 g/mol. The average Bonchev–Trinajstić information content (AvgIpc) is 2.80. The topological polar surface area (TPSA) is 52.0 Å². The van der Waals surface area contributed by atoms with Crippen LogP contribution in [0.4, 0.5) is 5.69 Å². The highest BCUT2D eigenvalue weighted by Gasteiger charge is 2.29. The Morgan fingerprint density at radius 1 is 1.32 bits per heavy atom. The first-order valence-electron chi connectivity index (χ1n) is 6.50. The number of hydrogen-bond donors (Lipinski definition) is 1. The fraction of sp³-hybridized carbons (Fsp3) is 0.429. The molecule has 100 valence electrons. The van der Waals surface area contributed by atoms with Crippen molar-refractivity contribution < 1.29 is 4.74 Å². The third-order valence-electron chi connectivity index (χ3n) is 3.67. The molecule has 0 aliphatic heterocycles. The highest BCUT2D eigenvalue weighted by molar-refractivity contribution is 5.73. The van der Waals surface area contributed by atoms with Gasteiger partial charge in [0.2, 0.25) is 0 Å².